The molecule has 1 aliphatic heterocycles. The molecule has 0 saturated carbocycles. The molecule has 3 aromatic rings. The summed E-state index contributed by atoms with van der Waals surface area (Å²) in [7, 11) is 3.26. The molecule has 0 bridgehead atoms. The smallest absolute Gasteiger partial charge is 0.204 e. The van der Waals surface area contributed by atoms with Crippen molar-refractivity contribution in [1.82, 2.24) is 4.90 Å². The maximum Gasteiger partial charge on any atom is 0.204 e. The highest BCUT2D eigenvalue weighted by Crippen LogP contribution is 2.53. The average molecular weight is 555 g/mol. The number of likely N-dealkylation sites (tertiary alicyclic amines) is 1. The van der Waals surface area contributed by atoms with E-state index in [0.29, 0.717) is 23.3 Å². The minimum absolute atomic E-state index is 0.222. The molecule has 2 aliphatic rings. The number of rotatable bonds is 8. The SMILES string of the molecule is C=C(/N=C(/N)c1cc(OC)c(OC)cc1C)N1CCC(Cc2ccccc2)(C2CCc3ccccc32)CC1.NC=O. The van der Waals surface area contributed by atoms with Crippen molar-refractivity contribution in [1.29, 1.82) is 0 Å². The first-order valence-corrected chi connectivity index (χ1v) is 14.1. The third kappa shape index (κ3) is 6.56. The van der Waals surface area contributed by atoms with Crippen LogP contribution in [0.3, 0.4) is 0 Å². The number of benzene rings is 3. The van der Waals surface area contributed by atoms with Crippen LogP contribution in [0.4, 0.5) is 0 Å². The van der Waals surface area contributed by atoms with Crippen molar-refractivity contribution >= 4 is 12.2 Å². The van der Waals surface area contributed by atoms with Gasteiger partial charge in [-0.05, 0) is 84.7 Å². The second-order valence-corrected chi connectivity index (χ2v) is 10.9. The van der Waals surface area contributed by atoms with Crippen LogP contribution < -0.4 is 20.9 Å². The number of amidine groups is 1. The molecule has 4 N–H and O–H groups in total. The number of hydrogen-bond acceptors (Lipinski definition) is 5. The van der Waals surface area contributed by atoms with Gasteiger partial charge >= 0.3 is 0 Å². The Morgan fingerprint density at radius 1 is 1.05 bits per heavy atom. The predicted molar refractivity (Wildman–Crippen MR) is 165 cm³/mol. The van der Waals surface area contributed by atoms with Crippen LogP contribution in [0.5, 0.6) is 11.5 Å². The van der Waals surface area contributed by atoms with Gasteiger partial charge in [-0.2, -0.15) is 0 Å². The van der Waals surface area contributed by atoms with Crippen molar-refractivity contribution in [2.24, 2.45) is 21.9 Å². The summed E-state index contributed by atoms with van der Waals surface area (Å²) < 4.78 is 10.9. The van der Waals surface area contributed by atoms with E-state index in [1.54, 1.807) is 19.8 Å². The topological polar surface area (TPSA) is 103 Å². The molecule has 3 aromatic carbocycles. The number of nitrogens with two attached hydrogens (primary N) is 2. The van der Waals surface area contributed by atoms with E-state index in [1.807, 2.05) is 19.1 Å². The molecule has 1 heterocycles. The van der Waals surface area contributed by atoms with Gasteiger partial charge in [0, 0.05) is 18.7 Å². The Morgan fingerprint density at radius 2 is 1.66 bits per heavy atom. The number of amides is 1. The van der Waals surface area contributed by atoms with Crippen molar-refractivity contribution in [2.75, 3.05) is 27.3 Å². The maximum atomic E-state index is 8.58. The van der Waals surface area contributed by atoms with Crippen LogP contribution >= 0.6 is 0 Å². The highest BCUT2D eigenvalue weighted by atomic mass is 16.5. The molecule has 7 nitrogen and oxygen atoms in total. The van der Waals surface area contributed by atoms with Crippen LogP contribution in [0.25, 0.3) is 0 Å². The molecule has 41 heavy (non-hydrogen) atoms. The third-order valence-electron chi connectivity index (χ3n) is 8.65. The molecule has 1 unspecified atom stereocenters. The van der Waals surface area contributed by atoms with Gasteiger partial charge < -0.3 is 25.8 Å². The van der Waals surface area contributed by atoms with Crippen molar-refractivity contribution in [2.45, 2.75) is 44.9 Å². The molecule has 0 spiro atoms. The van der Waals surface area contributed by atoms with Crippen LogP contribution in [0.2, 0.25) is 0 Å². The number of hydrogen-bond donors (Lipinski definition) is 2. The van der Waals surface area contributed by atoms with Gasteiger partial charge in [-0.3, -0.25) is 4.79 Å². The summed E-state index contributed by atoms with van der Waals surface area (Å²) in [4.78, 5) is 15.6. The van der Waals surface area contributed by atoms with Crippen molar-refractivity contribution in [3.8, 4) is 11.5 Å². The fourth-order valence-electron chi connectivity index (χ4n) is 6.58. The maximum absolute atomic E-state index is 8.58. The summed E-state index contributed by atoms with van der Waals surface area (Å²) in [6.07, 6.45) is 5.97. The standard InChI is InChI=1S/C33H39N3O2.CH3NO/c1-23-20-30(37-3)31(38-4)21-28(23)32(34)35-24(2)36-18-16-33(17-19-36,22-25-10-6-5-7-11-25)29-15-14-26-12-8-9-13-27(26)29;2-1-3/h5-13,20-21,29H,2,14-19,22H2,1,3-4H3,(H2,34,35);1H,(H2,2,3). The molecule has 216 valence electrons. The number of ether oxygens (including phenoxy) is 2. The van der Waals surface area contributed by atoms with Crippen LogP contribution in [0.1, 0.15) is 53.0 Å². The van der Waals surface area contributed by atoms with Crippen LogP contribution in [-0.2, 0) is 17.6 Å². The number of primary amides is 1. The van der Waals surface area contributed by atoms with E-state index in [-0.39, 0.29) is 11.8 Å². The zero-order valence-corrected chi connectivity index (χ0v) is 24.4. The second kappa shape index (κ2) is 13.4. The van der Waals surface area contributed by atoms with E-state index in [4.69, 9.17) is 25.0 Å². The molecule has 5 rings (SSSR count). The number of carbonyl (C=O) groups excluding carboxylic acids is 1. The Morgan fingerprint density at radius 3 is 2.32 bits per heavy atom. The van der Waals surface area contributed by atoms with Gasteiger partial charge in [-0.25, -0.2) is 4.99 Å². The molecule has 1 saturated heterocycles. The monoisotopic (exact) mass is 554 g/mol. The highest BCUT2D eigenvalue weighted by molar-refractivity contribution is 6.00. The Labute approximate surface area is 243 Å². The fraction of sp³-hybridized carbons (Fsp3) is 0.353. The Bertz CT molecular complexity index is 1380. The summed E-state index contributed by atoms with van der Waals surface area (Å²) >= 11 is 0. The summed E-state index contributed by atoms with van der Waals surface area (Å²) in [5.74, 6) is 3.06. The Hall–Kier alpha value is -4.26. The zero-order chi connectivity index (χ0) is 29.4. The lowest BCUT2D eigenvalue weighted by molar-refractivity contribution is -0.106. The van der Waals surface area contributed by atoms with Crippen molar-refractivity contribution < 1.29 is 14.3 Å². The van der Waals surface area contributed by atoms with Crippen LogP contribution in [0.15, 0.2) is 84.1 Å². The third-order valence-corrected chi connectivity index (χ3v) is 8.65. The largest absolute Gasteiger partial charge is 0.493 e. The van der Waals surface area contributed by atoms with Gasteiger partial charge in [0.1, 0.15) is 11.7 Å². The van der Waals surface area contributed by atoms with Gasteiger partial charge in [-0.15, -0.1) is 0 Å². The normalized spacial score (nSPS) is 17.6. The first-order chi connectivity index (χ1) is 19.9. The number of methoxy groups -OCH3 is 2. The molecule has 1 aliphatic carbocycles. The minimum Gasteiger partial charge on any atom is -0.493 e. The summed E-state index contributed by atoms with van der Waals surface area (Å²) in [6, 6.07) is 23.9. The van der Waals surface area contributed by atoms with Gasteiger partial charge in [-0.1, -0.05) is 61.2 Å². The lowest BCUT2D eigenvalue weighted by Crippen LogP contribution is -2.43. The number of nitrogens with zero attached hydrogens (tertiary/aromatic N) is 2. The van der Waals surface area contributed by atoms with Gasteiger partial charge in [0.05, 0.1) is 14.2 Å². The lowest BCUT2D eigenvalue weighted by Gasteiger charge is -2.47. The number of aliphatic imine (C=N–C) groups is 1. The van der Waals surface area contributed by atoms with E-state index in [1.165, 1.54) is 24.0 Å². The van der Waals surface area contributed by atoms with Crippen molar-refractivity contribution in [3.63, 3.8) is 0 Å². The number of carbonyl (C=O) groups is 1. The quantitative estimate of drug-likeness (QED) is 0.222. The molecule has 7 heteroatoms. The van der Waals surface area contributed by atoms with Crippen LogP contribution in [-0.4, -0.2) is 44.5 Å². The molecular formula is C34H42N4O3. The fourth-order valence-corrected chi connectivity index (χ4v) is 6.58. The zero-order valence-electron chi connectivity index (χ0n) is 24.4. The summed E-state index contributed by atoms with van der Waals surface area (Å²) in [5.41, 5.74) is 17.2. The van der Waals surface area contributed by atoms with Gasteiger partial charge in [0.25, 0.3) is 0 Å². The number of piperidine rings is 1. The predicted octanol–water partition coefficient (Wildman–Crippen LogP) is 5.35. The minimum atomic E-state index is 0.222. The Balaban J connectivity index is 0.00000124. The summed E-state index contributed by atoms with van der Waals surface area (Å²) in [5, 5.41) is 0. The van der Waals surface area contributed by atoms with Gasteiger partial charge in [0.2, 0.25) is 6.41 Å². The lowest BCUT2D eigenvalue weighted by atomic mass is 9.63. The number of fused-ring (bicyclic) bond motifs is 1. The number of aryl methyl sites for hydroxylation is 2. The van der Waals surface area contributed by atoms with Crippen LogP contribution in [0, 0.1) is 12.3 Å². The average Bonchev–Trinajstić information content (AvgIpc) is 3.43. The molecule has 1 amide bonds. The second-order valence-electron chi connectivity index (χ2n) is 10.9. The molecule has 0 aromatic heterocycles. The van der Waals surface area contributed by atoms with Crippen molar-refractivity contribution in [3.05, 3.63) is 107 Å². The molecular weight excluding hydrogens is 512 g/mol. The summed E-state index contributed by atoms with van der Waals surface area (Å²) in [6.45, 7) is 8.16. The Kier molecular flexibility index (Phi) is 9.71. The van der Waals surface area contributed by atoms with E-state index < -0.39 is 0 Å². The first kappa shape index (κ1) is 29.7. The molecule has 1 fully saturated rings. The van der Waals surface area contributed by atoms with E-state index >= 15 is 0 Å². The van der Waals surface area contributed by atoms with E-state index in [9.17, 15) is 0 Å². The van der Waals surface area contributed by atoms with Gasteiger partial charge in [0.15, 0.2) is 11.5 Å². The molecule has 0 radical (unpaired) electrons. The molecule has 1 atom stereocenters. The first-order valence-electron chi connectivity index (χ1n) is 14.1. The highest BCUT2D eigenvalue weighted by Gasteiger charge is 2.44. The van der Waals surface area contributed by atoms with E-state index in [2.05, 4.69) is 71.8 Å². The van der Waals surface area contributed by atoms with E-state index in [0.717, 1.165) is 49.3 Å².